The second kappa shape index (κ2) is 6.81. The van der Waals surface area contributed by atoms with Crippen molar-refractivity contribution in [3.63, 3.8) is 0 Å². The van der Waals surface area contributed by atoms with Gasteiger partial charge in [-0.1, -0.05) is 15.9 Å². The first kappa shape index (κ1) is 14.9. The molecular weight excluding hydrogens is 332 g/mol. The molecule has 1 N–H and O–H groups in total. The molecule has 0 fully saturated rings. The van der Waals surface area contributed by atoms with Gasteiger partial charge in [-0.25, -0.2) is 13.8 Å². The summed E-state index contributed by atoms with van der Waals surface area (Å²) in [4.78, 5) is 4.06. The summed E-state index contributed by atoms with van der Waals surface area (Å²) in [6.07, 6.45) is 4.10. The first-order valence-corrected chi connectivity index (χ1v) is 6.82. The van der Waals surface area contributed by atoms with Crippen molar-refractivity contribution in [3.05, 3.63) is 40.6 Å². The fraction of sp³-hybridized carbons (Fsp3) is 0.308. The van der Waals surface area contributed by atoms with Crippen LogP contribution < -0.4 is 5.32 Å². The molecule has 0 atom stereocenters. The fourth-order valence-corrected chi connectivity index (χ4v) is 2.17. The molecule has 2 rings (SSSR count). The van der Waals surface area contributed by atoms with Crippen molar-refractivity contribution < 1.29 is 13.5 Å². The smallest absolute Gasteiger partial charge is 0.207 e. The number of anilines is 2. The monoisotopic (exact) mass is 345 g/mol. The third-order valence-corrected chi connectivity index (χ3v) is 3.16. The van der Waals surface area contributed by atoms with Gasteiger partial charge in [0.25, 0.3) is 0 Å². The van der Waals surface area contributed by atoms with Crippen LogP contribution in [0.1, 0.15) is 6.42 Å². The predicted octanol–water partition coefficient (Wildman–Crippen LogP) is 3.70. The Morgan fingerprint density at radius 1 is 1.35 bits per heavy atom. The van der Waals surface area contributed by atoms with Gasteiger partial charge in [-0.2, -0.15) is 0 Å². The molecule has 0 unspecified atom stereocenters. The Hall–Kier alpha value is -1.47. The number of ether oxygens (including phenoxy) is 1. The number of hydrogen-bond acceptors (Lipinski definition) is 3. The second-order valence-corrected chi connectivity index (χ2v) is 5.08. The summed E-state index contributed by atoms with van der Waals surface area (Å²) in [6, 6.07) is 2.40. The summed E-state index contributed by atoms with van der Waals surface area (Å²) in [5.41, 5.74) is -0.215. The highest BCUT2D eigenvalue weighted by atomic mass is 79.9. The van der Waals surface area contributed by atoms with Gasteiger partial charge >= 0.3 is 0 Å². The molecule has 0 aliphatic carbocycles. The van der Waals surface area contributed by atoms with Crippen LogP contribution in [0.2, 0.25) is 0 Å². The average molecular weight is 346 g/mol. The SMILES string of the molecule is COCCCn1ccnc1Nc1c(F)cc(Br)cc1F. The van der Waals surface area contributed by atoms with E-state index in [0.29, 0.717) is 23.6 Å². The third-order valence-electron chi connectivity index (χ3n) is 2.71. The molecule has 2 aromatic rings. The van der Waals surface area contributed by atoms with E-state index in [1.807, 2.05) is 0 Å². The number of aryl methyl sites for hydroxylation is 1. The van der Waals surface area contributed by atoms with Gasteiger partial charge < -0.3 is 14.6 Å². The largest absolute Gasteiger partial charge is 0.385 e. The first-order chi connectivity index (χ1) is 9.61. The standard InChI is InChI=1S/C13H14BrF2N3O/c1-20-6-2-4-19-5-3-17-13(19)18-12-10(15)7-9(14)8-11(12)16/h3,5,7-8H,2,4,6H2,1H3,(H,17,18). The number of imidazole rings is 1. The van der Waals surface area contributed by atoms with Gasteiger partial charge in [-0.3, -0.25) is 0 Å². The Morgan fingerprint density at radius 2 is 2.05 bits per heavy atom. The third kappa shape index (κ3) is 3.55. The van der Waals surface area contributed by atoms with Crippen LogP contribution in [0.5, 0.6) is 0 Å². The summed E-state index contributed by atoms with van der Waals surface area (Å²) in [5.74, 6) is -0.965. The number of hydrogen-bond donors (Lipinski definition) is 1. The quantitative estimate of drug-likeness (QED) is 0.811. The van der Waals surface area contributed by atoms with Crippen molar-refractivity contribution in [2.45, 2.75) is 13.0 Å². The number of methoxy groups -OCH3 is 1. The Balaban J connectivity index is 2.16. The van der Waals surface area contributed by atoms with Gasteiger partial charge in [0.1, 0.15) is 5.69 Å². The van der Waals surface area contributed by atoms with Crippen LogP contribution in [-0.2, 0) is 11.3 Å². The van der Waals surface area contributed by atoms with Crippen LogP contribution in [0.3, 0.4) is 0 Å². The van der Waals surface area contributed by atoms with Crippen LogP contribution in [0.4, 0.5) is 20.4 Å². The molecule has 1 aromatic carbocycles. The predicted molar refractivity (Wildman–Crippen MR) is 76.1 cm³/mol. The maximum Gasteiger partial charge on any atom is 0.207 e. The topological polar surface area (TPSA) is 39.1 Å². The second-order valence-electron chi connectivity index (χ2n) is 4.16. The minimum Gasteiger partial charge on any atom is -0.385 e. The lowest BCUT2D eigenvalue weighted by Gasteiger charge is -2.11. The molecule has 108 valence electrons. The van der Waals surface area contributed by atoms with Gasteiger partial charge in [0.15, 0.2) is 11.6 Å². The Morgan fingerprint density at radius 3 is 2.70 bits per heavy atom. The highest BCUT2D eigenvalue weighted by Crippen LogP contribution is 2.26. The van der Waals surface area contributed by atoms with Crippen molar-refractivity contribution in [1.29, 1.82) is 0 Å². The molecule has 0 radical (unpaired) electrons. The van der Waals surface area contributed by atoms with E-state index in [2.05, 4.69) is 26.2 Å². The zero-order valence-corrected chi connectivity index (χ0v) is 12.5. The van der Waals surface area contributed by atoms with Gasteiger partial charge in [0.2, 0.25) is 5.95 Å². The fourth-order valence-electron chi connectivity index (χ4n) is 1.77. The molecule has 0 bridgehead atoms. The summed E-state index contributed by atoms with van der Waals surface area (Å²) in [5, 5.41) is 2.68. The van der Waals surface area contributed by atoms with Crippen molar-refractivity contribution in [3.8, 4) is 0 Å². The van der Waals surface area contributed by atoms with Crippen LogP contribution in [0, 0.1) is 11.6 Å². The van der Waals surface area contributed by atoms with Gasteiger partial charge in [0, 0.05) is 37.1 Å². The Kier molecular flexibility index (Phi) is 5.08. The lowest BCUT2D eigenvalue weighted by atomic mass is 10.3. The minimum absolute atomic E-state index is 0.215. The van der Waals surface area contributed by atoms with Crippen molar-refractivity contribution in [2.75, 3.05) is 19.0 Å². The van der Waals surface area contributed by atoms with E-state index in [0.717, 1.165) is 6.42 Å². The molecular formula is C13H14BrF2N3O. The van der Waals surface area contributed by atoms with Gasteiger partial charge in [0.05, 0.1) is 0 Å². The lowest BCUT2D eigenvalue weighted by molar-refractivity contribution is 0.190. The van der Waals surface area contributed by atoms with Crippen LogP contribution in [0.15, 0.2) is 29.0 Å². The molecule has 0 saturated heterocycles. The van der Waals surface area contributed by atoms with Crippen LogP contribution in [-0.4, -0.2) is 23.3 Å². The maximum absolute atomic E-state index is 13.8. The number of nitrogens with one attached hydrogen (secondary N) is 1. The highest BCUT2D eigenvalue weighted by Gasteiger charge is 2.13. The van der Waals surface area contributed by atoms with Crippen molar-refractivity contribution in [2.24, 2.45) is 0 Å². The van der Waals surface area contributed by atoms with Gasteiger partial charge in [-0.05, 0) is 18.6 Å². The van der Waals surface area contributed by atoms with E-state index in [9.17, 15) is 8.78 Å². The lowest BCUT2D eigenvalue weighted by Crippen LogP contribution is -2.07. The van der Waals surface area contributed by atoms with E-state index in [1.165, 1.54) is 12.1 Å². The molecule has 7 heteroatoms. The average Bonchev–Trinajstić information content (AvgIpc) is 2.81. The van der Waals surface area contributed by atoms with Crippen molar-refractivity contribution >= 4 is 27.6 Å². The summed E-state index contributed by atoms with van der Waals surface area (Å²) >= 11 is 3.04. The molecule has 4 nitrogen and oxygen atoms in total. The van der Waals surface area contributed by atoms with E-state index >= 15 is 0 Å². The minimum atomic E-state index is -0.677. The molecule has 0 spiro atoms. The van der Waals surface area contributed by atoms with Crippen LogP contribution in [0.25, 0.3) is 0 Å². The molecule has 0 aliphatic heterocycles. The number of nitrogens with zero attached hydrogens (tertiary/aromatic N) is 2. The molecule has 20 heavy (non-hydrogen) atoms. The normalized spacial score (nSPS) is 10.8. The zero-order valence-electron chi connectivity index (χ0n) is 10.9. The molecule has 0 saturated carbocycles. The zero-order chi connectivity index (χ0) is 14.5. The molecule has 0 amide bonds. The first-order valence-electron chi connectivity index (χ1n) is 6.03. The number of benzene rings is 1. The summed E-state index contributed by atoms with van der Waals surface area (Å²) in [7, 11) is 1.62. The number of aromatic nitrogens is 2. The van der Waals surface area contributed by atoms with E-state index in [4.69, 9.17) is 4.74 Å². The van der Waals surface area contributed by atoms with E-state index in [1.54, 1.807) is 24.1 Å². The van der Waals surface area contributed by atoms with E-state index in [-0.39, 0.29) is 5.69 Å². The Bertz CT molecular complexity index is 566. The van der Waals surface area contributed by atoms with Crippen LogP contribution >= 0.6 is 15.9 Å². The summed E-state index contributed by atoms with van der Waals surface area (Å²) < 4.78 is 34.6. The molecule has 0 aliphatic rings. The molecule has 1 aromatic heterocycles. The van der Waals surface area contributed by atoms with E-state index < -0.39 is 11.6 Å². The number of halogens is 3. The maximum atomic E-state index is 13.8. The Labute approximate surface area is 123 Å². The molecule has 1 heterocycles. The van der Waals surface area contributed by atoms with Crippen molar-refractivity contribution in [1.82, 2.24) is 9.55 Å². The van der Waals surface area contributed by atoms with Gasteiger partial charge in [-0.15, -0.1) is 0 Å². The number of rotatable bonds is 6. The highest BCUT2D eigenvalue weighted by molar-refractivity contribution is 9.10. The summed E-state index contributed by atoms with van der Waals surface area (Å²) in [6.45, 7) is 1.26.